The average molecular weight is 288 g/mol. The van der Waals surface area contributed by atoms with Crippen LogP contribution in [0.1, 0.15) is 16.8 Å². The van der Waals surface area contributed by atoms with Crippen LogP contribution in [0.5, 0.6) is 0 Å². The summed E-state index contributed by atoms with van der Waals surface area (Å²) in [5.74, 6) is -2.50. The van der Waals surface area contributed by atoms with E-state index in [0.717, 1.165) is 0 Å². The second-order valence-corrected chi connectivity index (χ2v) is 4.85. The van der Waals surface area contributed by atoms with Crippen molar-refractivity contribution in [3.63, 3.8) is 0 Å². The van der Waals surface area contributed by atoms with Crippen molar-refractivity contribution in [3.05, 3.63) is 42.5 Å². The van der Waals surface area contributed by atoms with Gasteiger partial charge in [0, 0.05) is 17.8 Å². The lowest BCUT2D eigenvalue weighted by Gasteiger charge is -2.06. The Hall–Kier alpha value is -2.63. The number of nitrogens with one attached hydrogen (secondary N) is 2. The van der Waals surface area contributed by atoms with Crippen LogP contribution in [0.4, 0.5) is 5.69 Å². The van der Waals surface area contributed by atoms with Gasteiger partial charge in [0.15, 0.2) is 0 Å². The third-order valence-corrected chi connectivity index (χ3v) is 3.27. The highest BCUT2D eigenvalue weighted by atomic mass is 16.4. The third kappa shape index (κ3) is 3.68. The van der Waals surface area contributed by atoms with Gasteiger partial charge >= 0.3 is 5.97 Å². The van der Waals surface area contributed by atoms with E-state index in [1.807, 2.05) is 0 Å². The van der Waals surface area contributed by atoms with Crippen molar-refractivity contribution in [1.29, 1.82) is 0 Å². The summed E-state index contributed by atoms with van der Waals surface area (Å²) in [6.07, 6.45) is 1.96. The van der Waals surface area contributed by atoms with E-state index in [2.05, 4.69) is 17.2 Å². The molecule has 2 unspecified atom stereocenters. The van der Waals surface area contributed by atoms with Crippen molar-refractivity contribution in [3.8, 4) is 0 Å². The molecule has 1 aliphatic rings. The van der Waals surface area contributed by atoms with Crippen molar-refractivity contribution in [2.75, 3.05) is 11.9 Å². The maximum Gasteiger partial charge on any atom is 0.307 e. The van der Waals surface area contributed by atoms with Gasteiger partial charge in [0.1, 0.15) is 0 Å². The molecule has 1 aromatic carbocycles. The van der Waals surface area contributed by atoms with E-state index in [-0.39, 0.29) is 11.8 Å². The van der Waals surface area contributed by atoms with Crippen LogP contribution in [-0.2, 0) is 9.59 Å². The van der Waals surface area contributed by atoms with Crippen LogP contribution >= 0.6 is 0 Å². The molecule has 2 rings (SSSR count). The summed E-state index contributed by atoms with van der Waals surface area (Å²) in [5, 5.41) is 14.1. The Morgan fingerprint density at radius 3 is 2.43 bits per heavy atom. The largest absolute Gasteiger partial charge is 0.481 e. The lowest BCUT2D eigenvalue weighted by Crippen LogP contribution is -2.23. The van der Waals surface area contributed by atoms with E-state index >= 15 is 0 Å². The van der Waals surface area contributed by atoms with Gasteiger partial charge in [0.25, 0.3) is 5.91 Å². The number of carboxylic acid groups (broad SMARTS) is 1. The van der Waals surface area contributed by atoms with E-state index in [1.54, 1.807) is 30.3 Å². The number of amides is 2. The predicted molar refractivity (Wildman–Crippen MR) is 76.8 cm³/mol. The summed E-state index contributed by atoms with van der Waals surface area (Å²) in [6.45, 7) is 3.89. The van der Waals surface area contributed by atoms with Crippen LogP contribution in [0.25, 0.3) is 0 Å². The minimum absolute atomic E-state index is 0.221. The van der Waals surface area contributed by atoms with Gasteiger partial charge in [-0.2, -0.15) is 0 Å². The molecule has 6 heteroatoms. The van der Waals surface area contributed by atoms with Crippen LogP contribution < -0.4 is 10.6 Å². The number of benzene rings is 1. The first-order chi connectivity index (χ1) is 10.0. The Balaban J connectivity index is 1.91. The van der Waals surface area contributed by atoms with Gasteiger partial charge in [-0.15, -0.1) is 6.58 Å². The molecule has 2 atom stereocenters. The van der Waals surface area contributed by atoms with Gasteiger partial charge in [-0.05, 0) is 30.7 Å². The highest BCUT2D eigenvalue weighted by Gasteiger charge is 2.48. The molecule has 0 spiro atoms. The Bertz CT molecular complexity index is 580. The number of rotatable bonds is 6. The molecule has 0 radical (unpaired) electrons. The molecule has 1 saturated carbocycles. The molecule has 0 saturated heterocycles. The number of hydrogen-bond donors (Lipinski definition) is 3. The summed E-state index contributed by atoms with van der Waals surface area (Å²) in [7, 11) is 0. The zero-order valence-electron chi connectivity index (χ0n) is 11.3. The molecule has 3 N–H and O–H groups in total. The Kier molecular flexibility index (Phi) is 4.37. The van der Waals surface area contributed by atoms with Crippen LogP contribution in [0, 0.1) is 11.8 Å². The van der Waals surface area contributed by atoms with E-state index < -0.39 is 17.8 Å². The summed E-state index contributed by atoms with van der Waals surface area (Å²) in [5.41, 5.74) is 1.01. The number of aliphatic carboxylic acids is 1. The average Bonchev–Trinajstić information content (AvgIpc) is 3.26. The van der Waals surface area contributed by atoms with Crippen LogP contribution in [0.15, 0.2) is 36.9 Å². The van der Waals surface area contributed by atoms with Gasteiger partial charge in [0.2, 0.25) is 5.91 Å². The van der Waals surface area contributed by atoms with Crippen LogP contribution in [0.3, 0.4) is 0 Å². The first-order valence-electron chi connectivity index (χ1n) is 6.55. The Morgan fingerprint density at radius 1 is 1.24 bits per heavy atom. The van der Waals surface area contributed by atoms with Gasteiger partial charge in [-0.3, -0.25) is 14.4 Å². The Morgan fingerprint density at radius 2 is 1.90 bits per heavy atom. The van der Waals surface area contributed by atoms with Crippen molar-refractivity contribution in [2.45, 2.75) is 6.42 Å². The van der Waals surface area contributed by atoms with Crippen molar-refractivity contribution < 1.29 is 19.5 Å². The van der Waals surface area contributed by atoms with Crippen molar-refractivity contribution in [1.82, 2.24) is 5.32 Å². The van der Waals surface area contributed by atoms with Crippen molar-refractivity contribution >= 4 is 23.5 Å². The molecule has 0 aromatic heterocycles. The fraction of sp³-hybridized carbons (Fsp3) is 0.267. The van der Waals surface area contributed by atoms with Gasteiger partial charge in [-0.1, -0.05) is 6.08 Å². The second-order valence-electron chi connectivity index (χ2n) is 4.85. The van der Waals surface area contributed by atoms with E-state index in [1.165, 1.54) is 0 Å². The number of anilines is 1. The molecule has 0 bridgehead atoms. The monoisotopic (exact) mass is 288 g/mol. The number of carbonyl (C=O) groups excluding carboxylic acids is 2. The molecule has 21 heavy (non-hydrogen) atoms. The molecule has 6 nitrogen and oxygen atoms in total. The predicted octanol–water partition coefficient (Wildman–Crippen LogP) is 1.26. The molecule has 2 amide bonds. The first-order valence-corrected chi connectivity index (χ1v) is 6.55. The minimum atomic E-state index is -0.940. The first kappa shape index (κ1) is 14.8. The molecule has 1 fully saturated rings. The normalized spacial score (nSPS) is 19.4. The van der Waals surface area contributed by atoms with E-state index in [0.29, 0.717) is 24.2 Å². The fourth-order valence-electron chi connectivity index (χ4n) is 1.96. The highest BCUT2D eigenvalue weighted by molar-refractivity contribution is 5.99. The van der Waals surface area contributed by atoms with Crippen molar-refractivity contribution in [2.24, 2.45) is 11.8 Å². The number of carboxylic acids is 1. The summed E-state index contributed by atoms with van der Waals surface area (Å²) < 4.78 is 0. The maximum atomic E-state index is 11.8. The lowest BCUT2D eigenvalue weighted by atomic mass is 10.2. The third-order valence-electron chi connectivity index (χ3n) is 3.27. The zero-order valence-corrected chi connectivity index (χ0v) is 11.3. The van der Waals surface area contributed by atoms with E-state index in [4.69, 9.17) is 5.11 Å². The topological polar surface area (TPSA) is 95.5 Å². The lowest BCUT2D eigenvalue weighted by molar-refractivity contribution is -0.139. The molecular weight excluding hydrogens is 272 g/mol. The molecule has 1 aromatic rings. The quantitative estimate of drug-likeness (QED) is 0.687. The second kappa shape index (κ2) is 6.21. The van der Waals surface area contributed by atoms with E-state index in [9.17, 15) is 14.4 Å². The summed E-state index contributed by atoms with van der Waals surface area (Å²) in [6, 6.07) is 6.41. The standard InChI is InChI=1S/C15H16N2O4/c1-2-7-16-13(18)9-3-5-10(6-4-9)17-14(19)11-8-12(11)15(20)21/h2-6,11-12H,1,7-8H2,(H,16,18)(H,17,19)(H,20,21). The molecule has 0 heterocycles. The summed E-state index contributed by atoms with van der Waals surface area (Å²) in [4.78, 5) is 34.2. The van der Waals surface area contributed by atoms with Crippen LogP contribution in [-0.4, -0.2) is 29.4 Å². The zero-order chi connectivity index (χ0) is 15.4. The maximum absolute atomic E-state index is 11.8. The smallest absolute Gasteiger partial charge is 0.307 e. The SMILES string of the molecule is C=CCNC(=O)c1ccc(NC(=O)C2CC2C(=O)O)cc1. The number of carbonyl (C=O) groups is 3. The molecule has 1 aliphatic carbocycles. The highest BCUT2D eigenvalue weighted by Crippen LogP contribution is 2.39. The van der Waals surface area contributed by atoms with Gasteiger partial charge in [-0.25, -0.2) is 0 Å². The molecular formula is C15H16N2O4. The van der Waals surface area contributed by atoms with Gasteiger partial charge in [0.05, 0.1) is 11.8 Å². The minimum Gasteiger partial charge on any atom is -0.481 e. The van der Waals surface area contributed by atoms with Crippen LogP contribution in [0.2, 0.25) is 0 Å². The summed E-state index contributed by atoms with van der Waals surface area (Å²) >= 11 is 0. The van der Waals surface area contributed by atoms with Gasteiger partial charge < -0.3 is 15.7 Å². The molecule has 0 aliphatic heterocycles. The fourth-order valence-corrected chi connectivity index (χ4v) is 1.96. The molecule has 110 valence electrons. The Labute approximate surface area is 121 Å². The number of hydrogen-bond acceptors (Lipinski definition) is 3.